The van der Waals surface area contributed by atoms with E-state index in [1.807, 2.05) is 11.8 Å². The number of carbonyl (C=O) groups excluding carboxylic acids is 1. The number of piperidine rings is 1. The Bertz CT molecular complexity index is 767. The highest BCUT2D eigenvalue weighted by Crippen LogP contribution is 2.41. The van der Waals surface area contributed by atoms with Crippen molar-refractivity contribution in [2.45, 2.75) is 43.2 Å². The number of hydrogen-bond donors (Lipinski definition) is 0. The molecule has 2 fully saturated rings. The molecule has 1 aromatic heterocycles. The Kier molecular flexibility index (Phi) is 5.52. The number of hydrogen-bond acceptors (Lipinski definition) is 4. The lowest BCUT2D eigenvalue weighted by Crippen LogP contribution is -2.44. The maximum atomic E-state index is 12.6. The van der Waals surface area contributed by atoms with Gasteiger partial charge in [-0.1, -0.05) is 18.9 Å². The summed E-state index contributed by atoms with van der Waals surface area (Å²) < 4.78 is 27.3. The molecular formula is C18H24N2O3S2. The normalized spacial score (nSPS) is 20.4. The van der Waals surface area contributed by atoms with Crippen LogP contribution in [0.2, 0.25) is 0 Å². The first-order valence-electron chi connectivity index (χ1n) is 8.78. The molecule has 2 aliphatic heterocycles. The monoisotopic (exact) mass is 380 g/mol. The topological polar surface area (TPSA) is 57.7 Å². The molecule has 0 unspecified atom stereocenters. The minimum atomic E-state index is -3.36. The summed E-state index contributed by atoms with van der Waals surface area (Å²) in [4.78, 5) is 14.0. The van der Waals surface area contributed by atoms with Crippen LogP contribution in [0, 0.1) is 17.3 Å². The van der Waals surface area contributed by atoms with E-state index in [0.717, 1.165) is 38.6 Å². The van der Waals surface area contributed by atoms with Crippen molar-refractivity contribution in [2.24, 2.45) is 5.41 Å². The molecular weight excluding hydrogens is 356 g/mol. The third-order valence-electron chi connectivity index (χ3n) is 5.17. The third-order valence-corrected chi connectivity index (χ3v) is 8.44. The number of likely N-dealkylation sites (tertiary alicyclic amines) is 1. The fourth-order valence-corrected chi connectivity index (χ4v) is 6.18. The van der Waals surface area contributed by atoms with E-state index >= 15 is 0 Å². The second-order valence-electron chi connectivity index (χ2n) is 6.86. The summed E-state index contributed by atoms with van der Waals surface area (Å²) >= 11 is 1.26. The standard InChI is InChI=1S/C18H24N2O3S2/c1-2-3-4-6-16(21)19-11-8-18(15-19)9-12-20(13-10-18)25(22,23)17-7-5-14-24-17/h5,7,14H,2-3,8-13,15H2,1H3. The number of nitrogens with zero attached hydrogens (tertiary/aromatic N) is 2. The molecule has 0 radical (unpaired) electrons. The van der Waals surface area contributed by atoms with Gasteiger partial charge in [0.2, 0.25) is 0 Å². The SMILES string of the molecule is CCCC#CC(=O)N1CCC2(CCN(S(=O)(=O)c3cccs3)CC2)C1. The van der Waals surface area contributed by atoms with Crippen molar-refractivity contribution >= 4 is 27.3 Å². The maximum Gasteiger partial charge on any atom is 0.298 e. The molecule has 2 aliphatic rings. The highest BCUT2D eigenvalue weighted by Gasteiger charge is 2.44. The molecule has 1 aromatic rings. The number of unbranched alkanes of at least 4 members (excludes halogenated alkanes) is 1. The molecule has 3 rings (SSSR count). The van der Waals surface area contributed by atoms with Gasteiger partial charge >= 0.3 is 0 Å². The van der Waals surface area contributed by atoms with Crippen LogP contribution in [0.25, 0.3) is 0 Å². The first-order chi connectivity index (χ1) is 12.0. The van der Waals surface area contributed by atoms with Crippen LogP contribution < -0.4 is 0 Å². The van der Waals surface area contributed by atoms with Crippen molar-refractivity contribution < 1.29 is 13.2 Å². The first-order valence-corrected chi connectivity index (χ1v) is 11.1. The zero-order valence-corrected chi connectivity index (χ0v) is 16.2. The van der Waals surface area contributed by atoms with E-state index in [4.69, 9.17) is 0 Å². The Balaban J connectivity index is 1.59. The van der Waals surface area contributed by atoms with E-state index in [-0.39, 0.29) is 11.3 Å². The predicted octanol–water partition coefficient (Wildman–Crippen LogP) is 2.55. The van der Waals surface area contributed by atoms with Crippen LogP contribution in [0.1, 0.15) is 39.0 Å². The Morgan fingerprint density at radius 2 is 2.00 bits per heavy atom. The minimum absolute atomic E-state index is 0.0591. The smallest absolute Gasteiger partial charge is 0.298 e. The molecule has 0 aliphatic carbocycles. The molecule has 7 heteroatoms. The summed E-state index contributed by atoms with van der Waals surface area (Å²) in [5, 5.41) is 1.79. The van der Waals surface area contributed by atoms with Crippen molar-refractivity contribution in [3.8, 4) is 11.8 Å². The summed E-state index contributed by atoms with van der Waals surface area (Å²) in [5.74, 6) is 5.56. The molecule has 1 amide bonds. The van der Waals surface area contributed by atoms with Crippen LogP contribution in [-0.4, -0.2) is 49.7 Å². The van der Waals surface area contributed by atoms with Gasteiger partial charge in [-0.15, -0.1) is 11.3 Å². The Hall–Kier alpha value is -1.36. The van der Waals surface area contributed by atoms with Crippen molar-refractivity contribution in [1.29, 1.82) is 0 Å². The molecule has 25 heavy (non-hydrogen) atoms. The molecule has 0 N–H and O–H groups in total. The largest absolute Gasteiger partial charge is 0.331 e. The lowest BCUT2D eigenvalue weighted by atomic mass is 9.78. The predicted molar refractivity (Wildman–Crippen MR) is 98.6 cm³/mol. The molecule has 1 spiro atoms. The van der Waals surface area contributed by atoms with Gasteiger partial charge in [-0.2, -0.15) is 4.31 Å². The van der Waals surface area contributed by atoms with Crippen molar-refractivity contribution in [3.63, 3.8) is 0 Å². The van der Waals surface area contributed by atoms with Crippen molar-refractivity contribution in [2.75, 3.05) is 26.2 Å². The zero-order valence-electron chi connectivity index (χ0n) is 14.5. The molecule has 0 atom stereocenters. The van der Waals surface area contributed by atoms with Gasteiger partial charge < -0.3 is 4.90 Å². The van der Waals surface area contributed by atoms with Gasteiger partial charge in [0.15, 0.2) is 0 Å². The summed E-state index contributed by atoms with van der Waals surface area (Å²) in [6.45, 7) is 4.55. The van der Waals surface area contributed by atoms with Gasteiger partial charge in [-0.05, 0) is 48.5 Å². The molecule has 3 heterocycles. The minimum Gasteiger partial charge on any atom is -0.331 e. The highest BCUT2D eigenvalue weighted by atomic mass is 32.2. The van der Waals surface area contributed by atoms with E-state index in [0.29, 0.717) is 23.8 Å². The van der Waals surface area contributed by atoms with Crippen molar-refractivity contribution in [3.05, 3.63) is 17.5 Å². The van der Waals surface area contributed by atoms with Crippen LogP contribution in [-0.2, 0) is 14.8 Å². The molecule has 0 aromatic carbocycles. The van der Waals surface area contributed by atoms with Crippen molar-refractivity contribution in [1.82, 2.24) is 9.21 Å². The fraction of sp³-hybridized carbons (Fsp3) is 0.611. The summed E-state index contributed by atoms with van der Waals surface area (Å²) in [5.41, 5.74) is 0.0591. The fourth-order valence-electron chi connectivity index (χ4n) is 3.60. The van der Waals surface area contributed by atoms with E-state index in [1.54, 1.807) is 21.8 Å². The number of amides is 1. The Labute approximate surface area is 154 Å². The number of thiophene rings is 1. The third kappa shape index (κ3) is 3.91. The maximum absolute atomic E-state index is 12.6. The quantitative estimate of drug-likeness (QED) is 0.757. The van der Waals surface area contributed by atoms with Gasteiger partial charge in [0, 0.05) is 32.6 Å². The molecule has 136 valence electrons. The van der Waals surface area contributed by atoms with Gasteiger partial charge in [0.25, 0.3) is 15.9 Å². The lowest BCUT2D eigenvalue weighted by Gasteiger charge is -2.38. The molecule has 0 saturated carbocycles. The van der Waals surface area contributed by atoms with Gasteiger partial charge in [0.05, 0.1) is 0 Å². The first kappa shape index (κ1) is 18.4. The van der Waals surface area contributed by atoms with Gasteiger partial charge in [-0.25, -0.2) is 8.42 Å². The zero-order chi connectivity index (χ0) is 17.9. The van der Waals surface area contributed by atoms with Gasteiger partial charge in [-0.3, -0.25) is 4.79 Å². The average Bonchev–Trinajstić information content (AvgIpc) is 3.26. The van der Waals surface area contributed by atoms with E-state index < -0.39 is 10.0 Å². The average molecular weight is 381 g/mol. The second-order valence-corrected chi connectivity index (χ2v) is 9.98. The summed E-state index contributed by atoms with van der Waals surface area (Å²) in [6.07, 6.45) is 4.27. The van der Waals surface area contributed by atoms with Crippen LogP contribution in [0.5, 0.6) is 0 Å². The lowest BCUT2D eigenvalue weighted by molar-refractivity contribution is -0.124. The van der Waals surface area contributed by atoms with Crippen LogP contribution >= 0.6 is 11.3 Å². The van der Waals surface area contributed by atoms with Gasteiger partial charge in [0.1, 0.15) is 4.21 Å². The summed E-state index contributed by atoms with van der Waals surface area (Å²) in [6, 6.07) is 3.43. The van der Waals surface area contributed by atoms with E-state index in [2.05, 4.69) is 11.8 Å². The molecule has 0 bridgehead atoms. The molecule has 2 saturated heterocycles. The van der Waals surface area contributed by atoms with E-state index in [9.17, 15) is 13.2 Å². The second kappa shape index (κ2) is 7.48. The number of rotatable bonds is 3. The van der Waals surface area contributed by atoms with E-state index in [1.165, 1.54) is 11.3 Å². The molecule has 5 nitrogen and oxygen atoms in total. The van der Waals surface area contributed by atoms with Crippen LogP contribution in [0.15, 0.2) is 21.7 Å². The Morgan fingerprint density at radius 3 is 2.64 bits per heavy atom. The highest BCUT2D eigenvalue weighted by molar-refractivity contribution is 7.91. The van der Waals surface area contributed by atoms with Crippen LogP contribution in [0.4, 0.5) is 0 Å². The number of sulfonamides is 1. The Morgan fingerprint density at radius 1 is 1.28 bits per heavy atom. The van der Waals surface area contributed by atoms with Crippen LogP contribution in [0.3, 0.4) is 0 Å². The number of carbonyl (C=O) groups is 1. The summed E-state index contributed by atoms with van der Waals surface area (Å²) in [7, 11) is -3.36.